The lowest BCUT2D eigenvalue weighted by Crippen LogP contribution is -2.08. The van der Waals surface area contributed by atoms with Crippen LogP contribution in [0.25, 0.3) is 0 Å². The van der Waals surface area contributed by atoms with Crippen LogP contribution in [0.5, 0.6) is 11.5 Å². The first-order chi connectivity index (χ1) is 12.5. The predicted octanol–water partition coefficient (Wildman–Crippen LogP) is 6.11. The molecule has 138 valence electrons. The van der Waals surface area contributed by atoms with Crippen molar-refractivity contribution in [3.05, 3.63) is 72.1 Å². The maximum atomic E-state index is 14.1. The standard InChI is InChI=1S/C22H25FO3/c1-5-7-16(6-2)15(3)17-8-11-19(12-9-17)26-21-13-10-18(14-20(21)23)22(24)25-4/h5,8-16H,1,6-7H2,2-4H3. The Labute approximate surface area is 154 Å². The highest BCUT2D eigenvalue weighted by Gasteiger charge is 2.16. The summed E-state index contributed by atoms with van der Waals surface area (Å²) in [4.78, 5) is 11.4. The van der Waals surface area contributed by atoms with Crippen molar-refractivity contribution in [2.75, 3.05) is 7.11 Å². The Morgan fingerprint density at radius 1 is 1.23 bits per heavy atom. The molecule has 26 heavy (non-hydrogen) atoms. The maximum absolute atomic E-state index is 14.1. The maximum Gasteiger partial charge on any atom is 0.337 e. The summed E-state index contributed by atoms with van der Waals surface area (Å²) in [5.74, 6) is 0.367. The molecule has 0 aromatic heterocycles. The van der Waals surface area contributed by atoms with Crippen molar-refractivity contribution in [2.24, 2.45) is 5.92 Å². The van der Waals surface area contributed by atoms with Crippen LogP contribution in [-0.4, -0.2) is 13.1 Å². The number of ether oxygens (including phenoxy) is 2. The van der Waals surface area contributed by atoms with Gasteiger partial charge in [-0.15, -0.1) is 6.58 Å². The molecule has 0 aliphatic heterocycles. The van der Waals surface area contributed by atoms with E-state index in [1.54, 1.807) is 0 Å². The molecule has 0 amide bonds. The Balaban J connectivity index is 2.12. The Bertz CT molecular complexity index is 752. The minimum absolute atomic E-state index is 0.0662. The van der Waals surface area contributed by atoms with E-state index in [1.165, 1.54) is 24.8 Å². The lowest BCUT2D eigenvalue weighted by Gasteiger charge is -2.22. The van der Waals surface area contributed by atoms with E-state index in [1.807, 2.05) is 30.3 Å². The second-order valence-electron chi connectivity index (χ2n) is 6.29. The zero-order chi connectivity index (χ0) is 19.1. The van der Waals surface area contributed by atoms with Crippen molar-refractivity contribution in [1.29, 1.82) is 0 Å². The van der Waals surface area contributed by atoms with E-state index in [2.05, 4.69) is 25.2 Å². The Morgan fingerprint density at radius 2 is 1.92 bits per heavy atom. The molecule has 0 fully saturated rings. The number of hydrogen-bond acceptors (Lipinski definition) is 3. The van der Waals surface area contributed by atoms with Gasteiger partial charge in [0.2, 0.25) is 0 Å². The van der Waals surface area contributed by atoms with Crippen LogP contribution >= 0.6 is 0 Å². The Morgan fingerprint density at radius 3 is 2.46 bits per heavy atom. The monoisotopic (exact) mass is 356 g/mol. The van der Waals surface area contributed by atoms with E-state index in [9.17, 15) is 9.18 Å². The third-order valence-electron chi connectivity index (χ3n) is 4.69. The first-order valence-electron chi connectivity index (χ1n) is 8.76. The molecule has 0 aliphatic carbocycles. The molecule has 0 saturated heterocycles. The molecule has 2 aromatic rings. The number of hydrogen-bond donors (Lipinski definition) is 0. The minimum atomic E-state index is -0.609. The largest absolute Gasteiger partial charge is 0.465 e. The summed E-state index contributed by atoms with van der Waals surface area (Å²) in [5, 5.41) is 0. The molecule has 2 unspecified atom stereocenters. The second kappa shape index (κ2) is 9.18. The first kappa shape index (κ1) is 19.7. The topological polar surface area (TPSA) is 35.5 Å². The van der Waals surface area contributed by atoms with Crippen molar-refractivity contribution in [3.63, 3.8) is 0 Å². The van der Waals surface area contributed by atoms with Gasteiger partial charge in [0, 0.05) is 0 Å². The number of esters is 1. The van der Waals surface area contributed by atoms with Gasteiger partial charge in [0.25, 0.3) is 0 Å². The van der Waals surface area contributed by atoms with E-state index in [0.29, 0.717) is 17.6 Å². The van der Waals surface area contributed by atoms with Crippen LogP contribution in [0, 0.1) is 11.7 Å². The van der Waals surface area contributed by atoms with E-state index in [4.69, 9.17) is 4.74 Å². The van der Waals surface area contributed by atoms with Crippen LogP contribution in [0.3, 0.4) is 0 Å². The zero-order valence-corrected chi connectivity index (χ0v) is 15.5. The molecule has 0 aliphatic rings. The van der Waals surface area contributed by atoms with Gasteiger partial charge in [-0.1, -0.05) is 38.5 Å². The van der Waals surface area contributed by atoms with Crippen LogP contribution in [0.1, 0.15) is 48.5 Å². The molecular weight excluding hydrogens is 331 g/mol. The lowest BCUT2D eigenvalue weighted by molar-refractivity contribution is 0.0600. The average Bonchev–Trinajstić information content (AvgIpc) is 2.67. The molecule has 3 nitrogen and oxygen atoms in total. The highest BCUT2D eigenvalue weighted by atomic mass is 19.1. The summed E-state index contributed by atoms with van der Waals surface area (Å²) in [6.45, 7) is 8.22. The van der Waals surface area contributed by atoms with E-state index in [-0.39, 0.29) is 11.3 Å². The number of methoxy groups -OCH3 is 1. The molecular formula is C22H25FO3. The SMILES string of the molecule is C=CCC(CC)C(C)c1ccc(Oc2ccc(C(=O)OC)cc2F)cc1. The summed E-state index contributed by atoms with van der Waals surface area (Å²) in [5.41, 5.74) is 1.36. The van der Waals surface area contributed by atoms with Crippen LogP contribution in [0.2, 0.25) is 0 Å². The quantitative estimate of drug-likeness (QED) is 0.423. The van der Waals surface area contributed by atoms with Gasteiger partial charge in [0.05, 0.1) is 12.7 Å². The number of rotatable bonds is 8. The molecule has 0 N–H and O–H groups in total. The van der Waals surface area contributed by atoms with Gasteiger partial charge >= 0.3 is 5.97 Å². The molecule has 2 atom stereocenters. The van der Waals surface area contributed by atoms with Gasteiger partial charge in [-0.05, 0) is 54.2 Å². The van der Waals surface area contributed by atoms with E-state index < -0.39 is 11.8 Å². The van der Waals surface area contributed by atoms with Gasteiger partial charge in [-0.25, -0.2) is 9.18 Å². The van der Waals surface area contributed by atoms with Crippen molar-refractivity contribution in [3.8, 4) is 11.5 Å². The lowest BCUT2D eigenvalue weighted by atomic mass is 9.84. The third kappa shape index (κ3) is 4.72. The van der Waals surface area contributed by atoms with E-state index in [0.717, 1.165) is 18.9 Å². The average molecular weight is 356 g/mol. The number of allylic oxidation sites excluding steroid dienone is 1. The molecule has 4 heteroatoms. The number of carbonyl (C=O) groups excluding carboxylic acids is 1. The molecule has 0 heterocycles. The first-order valence-corrected chi connectivity index (χ1v) is 8.76. The summed E-state index contributed by atoms with van der Waals surface area (Å²) in [6.07, 6.45) is 4.03. The molecule has 0 bridgehead atoms. The van der Waals surface area contributed by atoms with Crippen LogP contribution in [0.4, 0.5) is 4.39 Å². The van der Waals surface area contributed by atoms with Gasteiger partial charge in [-0.2, -0.15) is 0 Å². The summed E-state index contributed by atoms with van der Waals surface area (Å²) >= 11 is 0. The van der Waals surface area contributed by atoms with Crippen molar-refractivity contribution in [2.45, 2.75) is 32.6 Å². The highest BCUT2D eigenvalue weighted by molar-refractivity contribution is 5.89. The number of benzene rings is 2. The van der Waals surface area contributed by atoms with Crippen LogP contribution in [-0.2, 0) is 4.74 Å². The molecule has 2 aromatic carbocycles. The van der Waals surface area contributed by atoms with Crippen LogP contribution < -0.4 is 4.74 Å². The minimum Gasteiger partial charge on any atom is -0.465 e. The summed E-state index contributed by atoms with van der Waals surface area (Å²) in [7, 11) is 1.26. The fraction of sp³-hybridized carbons (Fsp3) is 0.318. The number of halogens is 1. The van der Waals surface area contributed by atoms with Crippen LogP contribution in [0.15, 0.2) is 55.1 Å². The smallest absolute Gasteiger partial charge is 0.337 e. The normalized spacial score (nSPS) is 12.9. The van der Waals surface area contributed by atoms with Gasteiger partial charge in [0.1, 0.15) is 5.75 Å². The molecule has 0 radical (unpaired) electrons. The Kier molecular flexibility index (Phi) is 6.96. The number of carbonyl (C=O) groups is 1. The molecule has 2 rings (SSSR count). The summed E-state index contributed by atoms with van der Waals surface area (Å²) in [6, 6.07) is 11.7. The second-order valence-corrected chi connectivity index (χ2v) is 6.29. The fourth-order valence-electron chi connectivity index (χ4n) is 3.01. The van der Waals surface area contributed by atoms with Crippen molar-refractivity contribution in [1.82, 2.24) is 0 Å². The fourth-order valence-corrected chi connectivity index (χ4v) is 3.01. The van der Waals surface area contributed by atoms with Crippen molar-refractivity contribution < 1.29 is 18.7 Å². The summed E-state index contributed by atoms with van der Waals surface area (Å²) < 4.78 is 24.3. The Hall–Kier alpha value is -2.62. The molecule has 0 saturated carbocycles. The van der Waals surface area contributed by atoms with E-state index >= 15 is 0 Å². The molecule has 0 spiro atoms. The van der Waals surface area contributed by atoms with Gasteiger partial charge in [-0.3, -0.25) is 0 Å². The third-order valence-corrected chi connectivity index (χ3v) is 4.69. The zero-order valence-electron chi connectivity index (χ0n) is 15.5. The van der Waals surface area contributed by atoms with Gasteiger partial charge in [0.15, 0.2) is 11.6 Å². The highest BCUT2D eigenvalue weighted by Crippen LogP contribution is 2.32. The van der Waals surface area contributed by atoms with Gasteiger partial charge < -0.3 is 9.47 Å². The predicted molar refractivity (Wildman–Crippen MR) is 101 cm³/mol. The van der Waals surface area contributed by atoms with Crippen molar-refractivity contribution >= 4 is 5.97 Å².